The first-order valence-electron chi connectivity index (χ1n) is 7.24. The van der Waals surface area contributed by atoms with Crippen LogP contribution in [-0.4, -0.2) is 33.9 Å². The van der Waals surface area contributed by atoms with Crippen LogP contribution < -0.4 is 10.1 Å². The van der Waals surface area contributed by atoms with E-state index in [1.54, 1.807) is 25.3 Å². The van der Waals surface area contributed by atoms with Gasteiger partial charge >= 0.3 is 0 Å². The Kier molecular flexibility index (Phi) is 5.28. The lowest BCUT2D eigenvalue weighted by molar-refractivity contribution is 0.416. The molecule has 0 saturated heterocycles. The Labute approximate surface area is 137 Å². The number of hydrogen-bond donors (Lipinski definition) is 1. The van der Waals surface area contributed by atoms with Gasteiger partial charge in [0.15, 0.2) is 0 Å². The van der Waals surface area contributed by atoms with Crippen molar-refractivity contribution in [3.63, 3.8) is 0 Å². The molecule has 1 N–H and O–H groups in total. The quantitative estimate of drug-likeness (QED) is 0.882. The average molecular weight is 334 g/mol. The number of sulfonamides is 1. The molecule has 124 valence electrons. The first kappa shape index (κ1) is 17.3. The van der Waals surface area contributed by atoms with E-state index in [-0.39, 0.29) is 4.90 Å². The number of hydrogen-bond acceptors (Lipinski definition) is 4. The van der Waals surface area contributed by atoms with Gasteiger partial charge in [0, 0.05) is 20.6 Å². The number of nitrogens with one attached hydrogen (secondary N) is 1. The SMILES string of the molecule is COc1ccc(C)cc1NCc1cccc(S(=O)(=O)N(C)C)c1. The third kappa shape index (κ3) is 4.03. The second-order valence-corrected chi connectivity index (χ2v) is 7.64. The third-order valence-corrected chi connectivity index (χ3v) is 5.33. The van der Waals surface area contributed by atoms with Crippen molar-refractivity contribution in [1.82, 2.24) is 4.31 Å². The first-order chi connectivity index (χ1) is 10.8. The van der Waals surface area contributed by atoms with Gasteiger partial charge in [0.25, 0.3) is 0 Å². The predicted octanol–water partition coefficient (Wildman–Crippen LogP) is 2.87. The smallest absolute Gasteiger partial charge is 0.242 e. The van der Waals surface area contributed by atoms with Crippen LogP contribution in [0.2, 0.25) is 0 Å². The lowest BCUT2D eigenvalue weighted by atomic mass is 10.2. The van der Waals surface area contributed by atoms with Gasteiger partial charge in [0.05, 0.1) is 17.7 Å². The maximum atomic E-state index is 12.2. The van der Waals surface area contributed by atoms with E-state index >= 15 is 0 Å². The Bertz CT molecular complexity index is 786. The largest absolute Gasteiger partial charge is 0.495 e. The summed E-state index contributed by atoms with van der Waals surface area (Å²) in [5, 5.41) is 3.30. The van der Waals surface area contributed by atoms with Crippen molar-refractivity contribution in [2.24, 2.45) is 0 Å². The van der Waals surface area contributed by atoms with Gasteiger partial charge in [-0.05, 0) is 42.3 Å². The molecule has 0 aliphatic carbocycles. The molecule has 6 heteroatoms. The van der Waals surface area contributed by atoms with Crippen molar-refractivity contribution >= 4 is 15.7 Å². The van der Waals surface area contributed by atoms with Crippen LogP contribution in [0.25, 0.3) is 0 Å². The van der Waals surface area contributed by atoms with Gasteiger partial charge in [-0.15, -0.1) is 0 Å². The summed E-state index contributed by atoms with van der Waals surface area (Å²) in [5.41, 5.74) is 2.89. The van der Waals surface area contributed by atoms with Crippen molar-refractivity contribution in [3.8, 4) is 5.75 Å². The normalized spacial score (nSPS) is 11.5. The summed E-state index contributed by atoms with van der Waals surface area (Å²) in [4.78, 5) is 0.290. The monoisotopic (exact) mass is 334 g/mol. The minimum atomic E-state index is -3.42. The van der Waals surface area contributed by atoms with Crippen molar-refractivity contribution in [3.05, 3.63) is 53.6 Å². The topological polar surface area (TPSA) is 58.6 Å². The van der Waals surface area contributed by atoms with Crippen LogP contribution in [0.4, 0.5) is 5.69 Å². The number of methoxy groups -OCH3 is 1. The van der Waals surface area contributed by atoms with Crippen LogP contribution in [0.3, 0.4) is 0 Å². The van der Waals surface area contributed by atoms with E-state index in [4.69, 9.17) is 4.74 Å². The lowest BCUT2D eigenvalue weighted by Gasteiger charge is -2.14. The van der Waals surface area contributed by atoms with Crippen LogP contribution in [0.5, 0.6) is 5.75 Å². The number of aryl methyl sites for hydroxylation is 1. The molecule has 23 heavy (non-hydrogen) atoms. The molecule has 2 aromatic rings. The first-order valence-corrected chi connectivity index (χ1v) is 8.68. The molecule has 0 aliphatic heterocycles. The fraction of sp³-hybridized carbons (Fsp3) is 0.294. The van der Waals surface area contributed by atoms with Gasteiger partial charge in [-0.1, -0.05) is 18.2 Å². The van der Waals surface area contributed by atoms with E-state index < -0.39 is 10.0 Å². The fourth-order valence-electron chi connectivity index (χ4n) is 2.18. The van der Waals surface area contributed by atoms with Crippen molar-refractivity contribution < 1.29 is 13.2 Å². The summed E-state index contributed by atoms with van der Waals surface area (Å²) < 4.78 is 30.9. The zero-order valence-electron chi connectivity index (χ0n) is 13.8. The summed E-state index contributed by atoms with van der Waals surface area (Å²) in [6.07, 6.45) is 0. The van der Waals surface area contributed by atoms with E-state index in [1.165, 1.54) is 18.4 Å². The Balaban J connectivity index is 2.21. The Morgan fingerprint density at radius 2 is 1.87 bits per heavy atom. The maximum Gasteiger partial charge on any atom is 0.242 e. The molecule has 2 aromatic carbocycles. The summed E-state index contributed by atoms with van der Waals surface area (Å²) in [5.74, 6) is 0.757. The van der Waals surface area contributed by atoms with Gasteiger partial charge in [-0.2, -0.15) is 0 Å². The second-order valence-electron chi connectivity index (χ2n) is 5.49. The van der Waals surface area contributed by atoms with E-state index in [9.17, 15) is 8.42 Å². The molecule has 0 atom stereocenters. The molecule has 0 radical (unpaired) electrons. The minimum absolute atomic E-state index is 0.290. The van der Waals surface area contributed by atoms with Gasteiger partial charge in [-0.3, -0.25) is 0 Å². The summed E-state index contributed by atoms with van der Waals surface area (Å²) in [7, 11) is 1.26. The summed E-state index contributed by atoms with van der Waals surface area (Å²) in [6.45, 7) is 2.52. The Morgan fingerprint density at radius 1 is 1.13 bits per heavy atom. The van der Waals surface area contributed by atoms with Crippen LogP contribution in [-0.2, 0) is 16.6 Å². The second kappa shape index (κ2) is 7.02. The Morgan fingerprint density at radius 3 is 2.52 bits per heavy atom. The van der Waals surface area contributed by atoms with Crippen LogP contribution in [0.15, 0.2) is 47.4 Å². The standard InChI is InChI=1S/C17H22N2O3S/c1-13-8-9-17(22-4)16(10-13)18-12-14-6-5-7-15(11-14)23(20,21)19(2)3/h5-11,18H,12H2,1-4H3. The predicted molar refractivity (Wildman–Crippen MR) is 92.4 cm³/mol. The minimum Gasteiger partial charge on any atom is -0.495 e. The highest BCUT2D eigenvalue weighted by atomic mass is 32.2. The summed E-state index contributed by atoms with van der Waals surface area (Å²) >= 11 is 0. The van der Waals surface area contributed by atoms with E-state index in [0.717, 1.165) is 22.6 Å². The number of nitrogens with zero attached hydrogens (tertiary/aromatic N) is 1. The molecule has 2 rings (SSSR count). The highest BCUT2D eigenvalue weighted by Crippen LogP contribution is 2.26. The number of ether oxygens (including phenoxy) is 1. The molecular formula is C17H22N2O3S. The molecule has 0 heterocycles. The number of benzene rings is 2. The lowest BCUT2D eigenvalue weighted by Crippen LogP contribution is -2.22. The average Bonchev–Trinajstić information content (AvgIpc) is 2.53. The molecule has 0 aliphatic rings. The number of anilines is 1. The molecular weight excluding hydrogens is 312 g/mol. The molecule has 0 fully saturated rings. The fourth-order valence-corrected chi connectivity index (χ4v) is 3.16. The van der Waals surface area contributed by atoms with Gasteiger partial charge < -0.3 is 10.1 Å². The highest BCUT2D eigenvalue weighted by Gasteiger charge is 2.17. The molecule has 0 aromatic heterocycles. The van der Waals surface area contributed by atoms with Gasteiger partial charge in [0.1, 0.15) is 5.75 Å². The molecule has 0 unspecified atom stereocenters. The molecule has 0 amide bonds. The Hall–Kier alpha value is -2.05. The van der Waals surface area contributed by atoms with Gasteiger partial charge in [-0.25, -0.2) is 12.7 Å². The zero-order chi connectivity index (χ0) is 17.0. The van der Waals surface area contributed by atoms with Gasteiger partial charge in [0.2, 0.25) is 10.0 Å². The molecule has 5 nitrogen and oxygen atoms in total. The van der Waals surface area contributed by atoms with Crippen molar-refractivity contribution in [1.29, 1.82) is 0 Å². The molecule has 0 saturated carbocycles. The third-order valence-electron chi connectivity index (χ3n) is 3.51. The van der Waals surface area contributed by atoms with E-state index in [1.807, 2.05) is 31.2 Å². The highest BCUT2D eigenvalue weighted by molar-refractivity contribution is 7.89. The maximum absolute atomic E-state index is 12.2. The van der Waals surface area contributed by atoms with Crippen molar-refractivity contribution in [2.75, 3.05) is 26.5 Å². The molecule has 0 spiro atoms. The van der Waals surface area contributed by atoms with E-state index in [2.05, 4.69) is 5.32 Å². The van der Waals surface area contributed by atoms with Crippen LogP contribution >= 0.6 is 0 Å². The van der Waals surface area contributed by atoms with Crippen LogP contribution in [0.1, 0.15) is 11.1 Å². The summed E-state index contributed by atoms with van der Waals surface area (Å²) in [6, 6.07) is 12.8. The van der Waals surface area contributed by atoms with Crippen LogP contribution in [0, 0.1) is 6.92 Å². The van der Waals surface area contributed by atoms with Crippen molar-refractivity contribution in [2.45, 2.75) is 18.4 Å². The zero-order valence-corrected chi connectivity index (χ0v) is 14.6. The number of rotatable bonds is 6. The molecule has 0 bridgehead atoms. The van der Waals surface area contributed by atoms with E-state index in [0.29, 0.717) is 6.54 Å².